The van der Waals surface area contributed by atoms with Gasteiger partial charge in [-0.25, -0.2) is 8.42 Å². The van der Waals surface area contributed by atoms with Gasteiger partial charge in [-0.2, -0.15) is 4.31 Å². The molecule has 0 aliphatic carbocycles. The summed E-state index contributed by atoms with van der Waals surface area (Å²) in [5, 5.41) is 0. The Morgan fingerprint density at radius 2 is 1.65 bits per heavy atom. The van der Waals surface area contributed by atoms with E-state index in [0.717, 1.165) is 5.69 Å². The molecule has 4 rings (SSSR count). The van der Waals surface area contributed by atoms with Gasteiger partial charge in [0.2, 0.25) is 15.9 Å². The molecule has 1 fully saturated rings. The lowest BCUT2D eigenvalue weighted by molar-refractivity contribution is -0.124. The van der Waals surface area contributed by atoms with Crippen molar-refractivity contribution in [3.05, 3.63) is 54.1 Å². The lowest BCUT2D eigenvalue weighted by atomic mass is 9.95. The predicted octanol–water partition coefficient (Wildman–Crippen LogP) is 3.10. The first-order chi connectivity index (χ1) is 14.8. The summed E-state index contributed by atoms with van der Waals surface area (Å²) in [7, 11) is -3.66. The average molecular weight is 443 g/mol. The van der Waals surface area contributed by atoms with E-state index in [2.05, 4.69) is 0 Å². The molecule has 1 saturated heterocycles. The number of Topliss-reactive ketones (excluding diaryl/α,β-unsaturated/α-hetero) is 1. The minimum absolute atomic E-state index is 0.0195. The molecule has 7 nitrogen and oxygen atoms in total. The molecule has 1 amide bonds. The van der Waals surface area contributed by atoms with Gasteiger partial charge in [0.1, 0.15) is 12.4 Å². The fourth-order valence-corrected chi connectivity index (χ4v) is 5.66. The quantitative estimate of drug-likeness (QED) is 0.680. The second kappa shape index (κ2) is 8.43. The number of hydrogen-bond acceptors (Lipinski definition) is 5. The van der Waals surface area contributed by atoms with Crippen LogP contribution in [0.15, 0.2) is 53.4 Å². The van der Waals surface area contributed by atoms with Gasteiger partial charge in [0.05, 0.1) is 16.6 Å². The van der Waals surface area contributed by atoms with Gasteiger partial charge in [0.15, 0.2) is 5.78 Å². The highest BCUT2D eigenvalue weighted by atomic mass is 32.2. The largest absolute Gasteiger partial charge is 0.489 e. The van der Waals surface area contributed by atoms with Gasteiger partial charge in [-0.05, 0) is 51.0 Å². The Bertz CT molecular complexity index is 1090. The van der Waals surface area contributed by atoms with E-state index in [1.165, 1.54) is 35.5 Å². The third-order valence-electron chi connectivity index (χ3n) is 5.98. The van der Waals surface area contributed by atoms with Crippen LogP contribution in [0.5, 0.6) is 5.75 Å². The second-order valence-corrected chi connectivity index (χ2v) is 10.0. The number of hydrogen-bond donors (Lipinski definition) is 0. The van der Waals surface area contributed by atoms with Crippen LogP contribution >= 0.6 is 0 Å². The van der Waals surface area contributed by atoms with Crippen LogP contribution < -0.4 is 9.64 Å². The highest BCUT2D eigenvalue weighted by molar-refractivity contribution is 7.89. The number of para-hydroxylation sites is 2. The molecule has 8 heteroatoms. The topological polar surface area (TPSA) is 84.0 Å². The Hall–Kier alpha value is -2.71. The molecular formula is C23H26N2O5S. The minimum atomic E-state index is -3.66. The van der Waals surface area contributed by atoms with Gasteiger partial charge >= 0.3 is 0 Å². The van der Waals surface area contributed by atoms with Crippen LogP contribution in [0.2, 0.25) is 0 Å². The third-order valence-corrected chi connectivity index (χ3v) is 7.90. The first-order valence-electron chi connectivity index (χ1n) is 10.4. The molecule has 2 aliphatic rings. The van der Waals surface area contributed by atoms with Crippen LogP contribution in [0.1, 0.15) is 37.0 Å². The summed E-state index contributed by atoms with van der Waals surface area (Å²) >= 11 is 0. The van der Waals surface area contributed by atoms with E-state index in [9.17, 15) is 18.0 Å². The summed E-state index contributed by atoms with van der Waals surface area (Å²) in [6.45, 7) is 4.41. The Morgan fingerprint density at radius 1 is 1.00 bits per heavy atom. The molecule has 164 valence electrons. The fraction of sp³-hybridized carbons (Fsp3) is 0.391. The van der Waals surface area contributed by atoms with Gasteiger partial charge in [-0.15, -0.1) is 0 Å². The van der Waals surface area contributed by atoms with E-state index in [4.69, 9.17) is 4.74 Å². The number of fused-ring (bicyclic) bond motifs is 1. The second-order valence-electron chi connectivity index (χ2n) is 8.09. The Balaban J connectivity index is 1.46. The zero-order valence-electron chi connectivity index (χ0n) is 17.7. The number of sulfonamides is 1. The fourth-order valence-electron chi connectivity index (χ4n) is 4.19. The maximum absolute atomic E-state index is 13.3. The lowest BCUT2D eigenvalue weighted by Gasteiger charge is -2.39. The number of amides is 1. The van der Waals surface area contributed by atoms with Gasteiger partial charge < -0.3 is 9.64 Å². The van der Waals surface area contributed by atoms with E-state index in [1.807, 2.05) is 31.2 Å². The normalized spacial score (nSPS) is 20.1. The Labute approximate surface area is 182 Å². The number of nitrogens with zero attached hydrogens (tertiary/aromatic N) is 2. The number of rotatable bonds is 4. The number of ketones is 1. The maximum atomic E-state index is 13.3. The Morgan fingerprint density at radius 3 is 2.29 bits per heavy atom. The van der Waals surface area contributed by atoms with E-state index < -0.39 is 10.0 Å². The van der Waals surface area contributed by atoms with E-state index in [0.29, 0.717) is 30.8 Å². The molecule has 2 aliphatic heterocycles. The molecule has 1 unspecified atom stereocenters. The van der Waals surface area contributed by atoms with Crippen molar-refractivity contribution in [1.29, 1.82) is 0 Å². The molecule has 2 aromatic rings. The number of carbonyl (C=O) groups is 2. The number of anilines is 1. The first kappa shape index (κ1) is 21.5. The zero-order chi connectivity index (χ0) is 22.2. The van der Waals surface area contributed by atoms with Crippen molar-refractivity contribution >= 4 is 27.4 Å². The van der Waals surface area contributed by atoms with Crippen LogP contribution in [0.3, 0.4) is 0 Å². The Kier molecular flexibility index (Phi) is 5.85. The summed E-state index contributed by atoms with van der Waals surface area (Å²) in [4.78, 5) is 26.7. The van der Waals surface area contributed by atoms with Crippen LogP contribution in [0.25, 0.3) is 0 Å². The summed E-state index contributed by atoms with van der Waals surface area (Å²) in [6.07, 6.45) is 0.936. The van der Waals surface area contributed by atoms with Crippen LogP contribution in [0, 0.1) is 5.92 Å². The molecule has 31 heavy (non-hydrogen) atoms. The standard InChI is InChI=1S/C23H26N2O5S/c1-16-15-30-22-6-4-3-5-21(22)25(16)23(27)19-11-13-24(14-12-19)31(28,29)20-9-7-18(8-10-20)17(2)26/h3-10,16,19H,11-15H2,1-2H3. The summed E-state index contributed by atoms with van der Waals surface area (Å²) in [5.41, 5.74) is 1.25. The maximum Gasteiger partial charge on any atom is 0.243 e. The van der Waals surface area contributed by atoms with E-state index in [1.54, 1.807) is 4.90 Å². The van der Waals surface area contributed by atoms with Crippen LogP contribution in [0.4, 0.5) is 5.69 Å². The molecule has 0 saturated carbocycles. The van der Waals surface area contributed by atoms with Gasteiger partial charge in [-0.1, -0.05) is 24.3 Å². The highest BCUT2D eigenvalue weighted by Gasteiger charge is 2.37. The SMILES string of the molecule is CC(=O)c1ccc(S(=O)(=O)N2CCC(C(=O)N3c4ccccc4OCC3C)CC2)cc1. The first-order valence-corrected chi connectivity index (χ1v) is 11.9. The predicted molar refractivity (Wildman–Crippen MR) is 117 cm³/mol. The molecule has 0 bridgehead atoms. The number of piperidine rings is 1. The summed E-state index contributed by atoms with van der Waals surface area (Å²) in [5.74, 6) is 0.372. The average Bonchev–Trinajstić information content (AvgIpc) is 2.78. The minimum Gasteiger partial charge on any atom is -0.489 e. The molecule has 2 heterocycles. The van der Waals surface area contributed by atoms with Crippen molar-refractivity contribution in [2.75, 3.05) is 24.6 Å². The molecule has 0 radical (unpaired) electrons. The zero-order valence-corrected chi connectivity index (χ0v) is 18.5. The number of ether oxygens (including phenoxy) is 1. The molecular weight excluding hydrogens is 416 g/mol. The van der Waals surface area contributed by atoms with E-state index in [-0.39, 0.29) is 41.6 Å². The molecule has 1 atom stereocenters. The number of carbonyl (C=O) groups excluding carboxylic acids is 2. The van der Waals surface area contributed by atoms with Crippen LogP contribution in [-0.4, -0.2) is 50.2 Å². The van der Waals surface area contributed by atoms with Crippen molar-refractivity contribution < 1.29 is 22.7 Å². The highest BCUT2D eigenvalue weighted by Crippen LogP contribution is 2.36. The summed E-state index contributed by atoms with van der Waals surface area (Å²) in [6, 6.07) is 13.4. The van der Waals surface area contributed by atoms with Gasteiger partial charge in [0.25, 0.3) is 0 Å². The van der Waals surface area contributed by atoms with Crippen molar-refractivity contribution in [2.45, 2.75) is 37.6 Å². The summed E-state index contributed by atoms with van der Waals surface area (Å²) < 4.78 is 33.1. The van der Waals surface area contributed by atoms with Gasteiger partial charge in [0, 0.05) is 24.6 Å². The van der Waals surface area contributed by atoms with E-state index >= 15 is 0 Å². The third kappa shape index (κ3) is 4.09. The lowest BCUT2D eigenvalue weighted by Crippen LogP contribution is -2.50. The van der Waals surface area contributed by atoms with Gasteiger partial charge in [-0.3, -0.25) is 9.59 Å². The van der Waals surface area contributed by atoms with Crippen molar-refractivity contribution in [3.63, 3.8) is 0 Å². The monoisotopic (exact) mass is 442 g/mol. The molecule has 0 spiro atoms. The number of benzene rings is 2. The van der Waals surface area contributed by atoms with Crippen molar-refractivity contribution in [1.82, 2.24) is 4.31 Å². The van der Waals surface area contributed by atoms with Crippen molar-refractivity contribution in [3.8, 4) is 5.75 Å². The smallest absolute Gasteiger partial charge is 0.243 e. The van der Waals surface area contributed by atoms with Crippen molar-refractivity contribution in [2.24, 2.45) is 5.92 Å². The molecule has 0 aromatic heterocycles. The molecule has 2 aromatic carbocycles. The molecule has 0 N–H and O–H groups in total. The van der Waals surface area contributed by atoms with Crippen LogP contribution in [-0.2, 0) is 14.8 Å².